The Morgan fingerprint density at radius 3 is 2.95 bits per heavy atom. The predicted octanol–water partition coefficient (Wildman–Crippen LogP) is 1.87. The highest BCUT2D eigenvalue weighted by Gasteiger charge is 2.24. The Morgan fingerprint density at radius 2 is 2.30 bits per heavy atom. The van der Waals surface area contributed by atoms with Crippen LogP contribution in [0.1, 0.15) is 30.6 Å². The maximum absolute atomic E-state index is 13.1. The minimum Gasteiger partial charge on any atom is -0.398 e. The van der Waals surface area contributed by atoms with Crippen molar-refractivity contribution in [2.24, 2.45) is 5.92 Å². The molecule has 110 valence electrons. The highest BCUT2D eigenvalue weighted by molar-refractivity contribution is 5.99. The summed E-state index contributed by atoms with van der Waals surface area (Å²) in [5.41, 5.74) is 6.22. The summed E-state index contributed by atoms with van der Waals surface area (Å²) in [4.78, 5) is 14.4. The molecule has 1 amide bonds. The minimum absolute atomic E-state index is 0.212. The summed E-state index contributed by atoms with van der Waals surface area (Å²) in [5.74, 6) is -0.294. The Balaban J connectivity index is 1.88. The second-order valence-electron chi connectivity index (χ2n) is 5.68. The Morgan fingerprint density at radius 1 is 1.55 bits per heavy atom. The van der Waals surface area contributed by atoms with Gasteiger partial charge in [-0.05, 0) is 50.9 Å². The number of carbonyl (C=O) groups excluding carboxylic acids is 1. The number of nitrogens with two attached hydrogens (primary N) is 1. The molecule has 1 aromatic rings. The van der Waals surface area contributed by atoms with Crippen LogP contribution < -0.4 is 11.1 Å². The fraction of sp³-hybridized carbons (Fsp3) is 0.533. The van der Waals surface area contributed by atoms with E-state index in [9.17, 15) is 9.18 Å². The molecule has 4 nitrogen and oxygen atoms in total. The highest BCUT2D eigenvalue weighted by Crippen LogP contribution is 2.18. The van der Waals surface area contributed by atoms with Crippen molar-refractivity contribution in [2.45, 2.75) is 26.3 Å². The van der Waals surface area contributed by atoms with Gasteiger partial charge in [-0.25, -0.2) is 4.39 Å². The van der Waals surface area contributed by atoms with E-state index >= 15 is 0 Å². The van der Waals surface area contributed by atoms with Crippen molar-refractivity contribution in [1.29, 1.82) is 0 Å². The number of anilines is 1. The monoisotopic (exact) mass is 279 g/mol. The van der Waals surface area contributed by atoms with Gasteiger partial charge in [0.2, 0.25) is 0 Å². The van der Waals surface area contributed by atoms with E-state index in [1.54, 1.807) is 0 Å². The normalized spacial score (nSPS) is 19.5. The van der Waals surface area contributed by atoms with Crippen LogP contribution in [0.5, 0.6) is 0 Å². The van der Waals surface area contributed by atoms with Crippen molar-refractivity contribution >= 4 is 11.6 Å². The van der Waals surface area contributed by atoms with Gasteiger partial charge in [-0.15, -0.1) is 0 Å². The molecular formula is C15H22FN3O. The molecule has 1 unspecified atom stereocenters. The van der Waals surface area contributed by atoms with Gasteiger partial charge in [0.05, 0.1) is 5.56 Å². The first-order valence-corrected chi connectivity index (χ1v) is 7.04. The first-order valence-electron chi connectivity index (χ1n) is 7.04. The van der Waals surface area contributed by atoms with Crippen LogP contribution in [0.4, 0.5) is 10.1 Å². The third-order valence-corrected chi connectivity index (χ3v) is 3.86. The van der Waals surface area contributed by atoms with Crippen molar-refractivity contribution in [3.05, 3.63) is 29.6 Å². The Kier molecular flexibility index (Phi) is 4.60. The molecule has 5 heteroatoms. The van der Waals surface area contributed by atoms with Gasteiger partial charge in [-0.2, -0.15) is 0 Å². The van der Waals surface area contributed by atoms with Crippen molar-refractivity contribution in [2.75, 3.05) is 25.4 Å². The molecule has 1 aromatic carbocycles. The number of hydrogen-bond donors (Lipinski definition) is 2. The van der Waals surface area contributed by atoms with Crippen LogP contribution in [0.15, 0.2) is 18.2 Å². The molecule has 3 N–H and O–H groups in total. The lowest BCUT2D eigenvalue weighted by atomic mass is 10.1. The van der Waals surface area contributed by atoms with Gasteiger partial charge in [0, 0.05) is 24.8 Å². The number of nitrogens with zero attached hydrogens (tertiary/aromatic N) is 1. The van der Waals surface area contributed by atoms with E-state index in [-0.39, 0.29) is 11.5 Å². The zero-order valence-electron chi connectivity index (χ0n) is 12.0. The molecule has 0 radical (unpaired) electrons. The van der Waals surface area contributed by atoms with Crippen molar-refractivity contribution < 1.29 is 9.18 Å². The number of likely N-dealkylation sites (tertiary alicyclic amines) is 1. The van der Waals surface area contributed by atoms with Gasteiger partial charge in [0.25, 0.3) is 5.91 Å². The van der Waals surface area contributed by atoms with Gasteiger partial charge in [0.1, 0.15) is 5.82 Å². The molecule has 1 atom stereocenters. The lowest BCUT2D eigenvalue weighted by Gasteiger charge is -2.20. The summed E-state index contributed by atoms with van der Waals surface area (Å²) >= 11 is 0. The van der Waals surface area contributed by atoms with Gasteiger partial charge in [0.15, 0.2) is 0 Å². The predicted molar refractivity (Wildman–Crippen MR) is 78.0 cm³/mol. The zero-order valence-corrected chi connectivity index (χ0v) is 12.0. The molecule has 0 spiro atoms. The van der Waals surface area contributed by atoms with Crippen molar-refractivity contribution in [3.8, 4) is 0 Å². The van der Waals surface area contributed by atoms with Crippen LogP contribution in [-0.4, -0.2) is 36.5 Å². The largest absolute Gasteiger partial charge is 0.398 e. The maximum atomic E-state index is 13.1. The Labute approximate surface area is 119 Å². The second kappa shape index (κ2) is 6.22. The lowest BCUT2D eigenvalue weighted by Crippen LogP contribution is -2.33. The standard InChI is InChI=1S/C15H22FN3O/c1-10(2)19-6-5-11(9-19)8-18-15(20)13-7-12(16)3-4-14(13)17/h3-4,7,10-11H,5-6,8-9,17H2,1-2H3,(H,18,20). The van der Waals surface area contributed by atoms with Crippen LogP contribution in [0.2, 0.25) is 0 Å². The van der Waals surface area contributed by atoms with Crippen LogP contribution in [0.3, 0.4) is 0 Å². The first-order chi connectivity index (χ1) is 9.47. The summed E-state index contributed by atoms with van der Waals surface area (Å²) in [6.45, 7) is 7.03. The van der Waals surface area contributed by atoms with Gasteiger partial charge >= 0.3 is 0 Å². The molecule has 1 fully saturated rings. The molecule has 0 aliphatic carbocycles. The second-order valence-corrected chi connectivity index (χ2v) is 5.68. The van der Waals surface area contributed by atoms with Crippen molar-refractivity contribution in [1.82, 2.24) is 10.2 Å². The molecule has 2 rings (SSSR count). The van der Waals surface area contributed by atoms with E-state index in [1.807, 2.05) is 0 Å². The SMILES string of the molecule is CC(C)N1CCC(CNC(=O)c2cc(F)ccc2N)C1. The van der Waals surface area contributed by atoms with E-state index in [2.05, 4.69) is 24.1 Å². The van der Waals surface area contributed by atoms with Crippen molar-refractivity contribution in [3.63, 3.8) is 0 Å². The average Bonchev–Trinajstić information content (AvgIpc) is 2.88. The van der Waals surface area contributed by atoms with Crippen LogP contribution in [-0.2, 0) is 0 Å². The number of nitrogens with one attached hydrogen (secondary N) is 1. The van der Waals surface area contributed by atoms with E-state index in [4.69, 9.17) is 5.73 Å². The molecular weight excluding hydrogens is 257 g/mol. The Bertz CT molecular complexity index is 490. The zero-order chi connectivity index (χ0) is 14.7. The average molecular weight is 279 g/mol. The summed E-state index contributed by atoms with van der Waals surface area (Å²) in [7, 11) is 0. The summed E-state index contributed by atoms with van der Waals surface area (Å²) in [5, 5.41) is 2.86. The van der Waals surface area contributed by atoms with Crippen LogP contribution >= 0.6 is 0 Å². The van der Waals surface area contributed by atoms with E-state index in [1.165, 1.54) is 18.2 Å². The van der Waals surface area contributed by atoms with Crippen LogP contribution in [0, 0.1) is 11.7 Å². The summed E-state index contributed by atoms with van der Waals surface area (Å²) in [6.07, 6.45) is 1.08. The minimum atomic E-state index is -0.448. The van der Waals surface area contributed by atoms with E-state index < -0.39 is 5.82 Å². The van der Waals surface area contributed by atoms with E-state index in [0.29, 0.717) is 24.2 Å². The first kappa shape index (κ1) is 14.8. The number of amides is 1. The number of carbonyl (C=O) groups is 1. The number of nitrogen functional groups attached to an aromatic ring is 1. The number of halogens is 1. The highest BCUT2D eigenvalue weighted by atomic mass is 19.1. The third-order valence-electron chi connectivity index (χ3n) is 3.86. The quantitative estimate of drug-likeness (QED) is 0.827. The Hall–Kier alpha value is -1.62. The van der Waals surface area contributed by atoms with E-state index in [0.717, 1.165) is 19.5 Å². The van der Waals surface area contributed by atoms with Crippen LogP contribution in [0.25, 0.3) is 0 Å². The van der Waals surface area contributed by atoms with Gasteiger partial charge < -0.3 is 16.0 Å². The molecule has 1 saturated heterocycles. The number of rotatable bonds is 4. The third kappa shape index (κ3) is 3.48. The smallest absolute Gasteiger partial charge is 0.253 e. The summed E-state index contributed by atoms with van der Waals surface area (Å²) in [6, 6.07) is 4.39. The molecule has 0 aromatic heterocycles. The molecule has 0 saturated carbocycles. The topological polar surface area (TPSA) is 58.4 Å². The fourth-order valence-electron chi connectivity index (χ4n) is 2.56. The molecule has 20 heavy (non-hydrogen) atoms. The number of hydrogen-bond acceptors (Lipinski definition) is 3. The van der Waals surface area contributed by atoms with Gasteiger partial charge in [-0.3, -0.25) is 4.79 Å². The molecule has 1 aliphatic heterocycles. The molecule has 1 heterocycles. The summed E-state index contributed by atoms with van der Waals surface area (Å²) < 4.78 is 13.1. The molecule has 0 bridgehead atoms. The van der Waals surface area contributed by atoms with Gasteiger partial charge in [-0.1, -0.05) is 0 Å². The molecule has 1 aliphatic rings. The lowest BCUT2D eigenvalue weighted by molar-refractivity contribution is 0.0947. The number of benzene rings is 1. The fourth-order valence-corrected chi connectivity index (χ4v) is 2.56. The maximum Gasteiger partial charge on any atom is 0.253 e.